The number of halogens is 5. The number of benzene rings is 2. The number of alkyl halides is 4. The summed E-state index contributed by atoms with van der Waals surface area (Å²) in [5.41, 5.74) is 4.30. The zero-order chi connectivity index (χ0) is 27.2. The molecule has 2 amide bonds. The van der Waals surface area contributed by atoms with E-state index in [0.29, 0.717) is 0 Å². The van der Waals surface area contributed by atoms with Gasteiger partial charge in [-0.2, -0.15) is 18.3 Å². The van der Waals surface area contributed by atoms with Gasteiger partial charge in [0.05, 0.1) is 29.4 Å². The quantitative estimate of drug-likeness (QED) is 0.392. The van der Waals surface area contributed by atoms with Gasteiger partial charge in [-0.1, -0.05) is 24.3 Å². The van der Waals surface area contributed by atoms with E-state index in [4.69, 9.17) is 5.73 Å². The molecule has 5 rings (SSSR count). The molecule has 1 aliphatic rings. The van der Waals surface area contributed by atoms with Crippen LogP contribution in [-0.4, -0.2) is 56.6 Å². The molecular formula is C25H19F5N6O2. The Balaban J connectivity index is 1.38. The van der Waals surface area contributed by atoms with Gasteiger partial charge in [-0.3, -0.25) is 9.59 Å². The van der Waals surface area contributed by atoms with E-state index in [9.17, 15) is 31.5 Å². The molecule has 3 N–H and O–H groups in total. The number of nitrogen functional groups attached to an aromatic ring is 1. The first kappa shape index (κ1) is 25.1. The zero-order valence-electron chi connectivity index (χ0n) is 19.4. The van der Waals surface area contributed by atoms with Crippen molar-refractivity contribution in [3.05, 3.63) is 83.4 Å². The second kappa shape index (κ2) is 9.39. The maximum atomic E-state index is 14.7. The Kier molecular flexibility index (Phi) is 6.21. The predicted molar refractivity (Wildman–Crippen MR) is 126 cm³/mol. The molecule has 4 aromatic rings. The molecule has 196 valence electrons. The standard InChI is InChI=1S/C25H19F5N6O2/c26-17-7-2-1-6-15(17)24(38)35-10-18(27)19(11-35)34-23(37)14-5-3-4-13(8-14)20-9-16(25(28,29)30)21-22(31)32-12-33-36(20)21/h1-9,12,18-19H,10-11H2,(H,34,37)(H2,31,32,33)/t18-,19+/m0/s1. The van der Waals surface area contributed by atoms with Crippen LogP contribution in [0.5, 0.6) is 0 Å². The van der Waals surface area contributed by atoms with Gasteiger partial charge in [0.25, 0.3) is 11.8 Å². The number of nitrogens with zero attached hydrogens (tertiary/aromatic N) is 4. The van der Waals surface area contributed by atoms with Gasteiger partial charge in [0.1, 0.15) is 23.8 Å². The number of nitrogens with two attached hydrogens (primary N) is 1. The number of nitrogens with one attached hydrogen (secondary N) is 1. The summed E-state index contributed by atoms with van der Waals surface area (Å²) in [5, 5.41) is 6.40. The van der Waals surface area contributed by atoms with Crippen molar-refractivity contribution in [2.75, 3.05) is 18.8 Å². The van der Waals surface area contributed by atoms with Crippen LogP contribution in [-0.2, 0) is 6.18 Å². The number of rotatable bonds is 4. The number of aromatic nitrogens is 3. The molecule has 2 aromatic carbocycles. The van der Waals surface area contributed by atoms with Gasteiger partial charge in [-0.05, 0) is 30.3 Å². The lowest BCUT2D eigenvalue weighted by molar-refractivity contribution is -0.136. The highest BCUT2D eigenvalue weighted by atomic mass is 19.4. The smallest absolute Gasteiger partial charge is 0.382 e. The van der Waals surface area contributed by atoms with Crippen molar-refractivity contribution >= 4 is 23.1 Å². The maximum Gasteiger partial charge on any atom is 0.418 e. The van der Waals surface area contributed by atoms with E-state index in [0.717, 1.165) is 27.9 Å². The number of hydrogen-bond donors (Lipinski definition) is 2. The van der Waals surface area contributed by atoms with Gasteiger partial charge in [0.2, 0.25) is 0 Å². The lowest BCUT2D eigenvalue weighted by Gasteiger charge is -2.17. The summed E-state index contributed by atoms with van der Waals surface area (Å²) < 4.78 is 70.6. The molecule has 1 aliphatic heterocycles. The molecule has 38 heavy (non-hydrogen) atoms. The van der Waals surface area contributed by atoms with Crippen molar-refractivity contribution in [3.8, 4) is 11.3 Å². The predicted octanol–water partition coefficient (Wildman–Crippen LogP) is 3.73. The number of carbonyl (C=O) groups excluding carboxylic acids is 2. The normalized spacial score (nSPS) is 17.7. The third-order valence-corrected chi connectivity index (χ3v) is 6.27. The summed E-state index contributed by atoms with van der Waals surface area (Å²) in [4.78, 5) is 30.3. The van der Waals surface area contributed by atoms with E-state index in [-0.39, 0.29) is 41.3 Å². The fourth-order valence-corrected chi connectivity index (χ4v) is 4.43. The van der Waals surface area contributed by atoms with E-state index in [1.807, 2.05) is 0 Å². The molecule has 2 atom stereocenters. The van der Waals surface area contributed by atoms with Crippen molar-refractivity contribution in [3.63, 3.8) is 0 Å². The third kappa shape index (κ3) is 4.51. The Hall–Kier alpha value is -4.55. The van der Waals surface area contributed by atoms with Gasteiger partial charge >= 0.3 is 6.18 Å². The summed E-state index contributed by atoms with van der Waals surface area (Å²) in [6.07, 6.45) is -5.33. The zero-order valence-corrected chi connectivity index (χ0v) is 19.4. The van der Waals surface area contributed by atoms with Gasteiger partial charge < -0.3 is 16.0 Å². The van der Waals surface area contributed by atoms with Gasteiger partial charge in [-0.25, -0.2) is 18.3 Å². The van der Waals surface area contributed by atoms with Crippen LogP contribution in [0.2, 0.25) is 0 Å². The largest absolute Gasteiger partial charge is 0.418 e. The van der Waals surface area contributed by atoms with E-state index in [2.05, 4.69) is 15.4 Å². The lowest BCUT2D eigenvalue weighted by Crippen LogP contribution is -2.41. The molecule has 2 aromatic heterocycles. The third-order valence-electron chi connectivity index (χ3n) is 6.27. The highest BCUT2D eigenvalue weighted by molar-refractivity contribution is 5.97. The van der Waals surface area contributed by atoms with E-state index in [1.54, 1.807) is 0 Å². The molecule has 13 heteroatoms. The number of fused-ring (bicyclic) bond motifs is 1. The van der Waals surface area contributed by atoms with E-state index >= 15 is 0 Å². The SMILES string of the molecule is Nc1ncnn2c(-c3cccc(C(=O)N[C@@H]4CN(C(=O)c5ccccc5F)C[C@@H]4F)c3)cc(C(F)(F)F)c12. The fourth-order valence-electron chi connectivity index (χ4n) is 4.43. The Morgan fingerprint density at radius 3 is 2.55 bits per heavy atom. The molecule has 3 heterocycles. The van der Waals surface area contributed by atoms with Crippen LogP contribution in [0.15, 0.2) is 60.9 Å². The monoisotopic (exact) mass is 530 g/mol. The molecule has 0 radical (unpaired) electrons. The van der Waals surface area contributed by atoms with Crippen molar-refractivity contribution in [1.29, 1.82) is 0 Å². The van der Waals surface area contributed by atoms with E-state index < -0.39 is 47.1 Å². The highest BCUT2D eigenvalue weighted by Crippen LogP contribution is 2.38. The molecule has 1 fully saturated rings. The Morgan fingerprint density at radius 1 is 1.05 bits per heavy atom. The second-order valence-corrected chi connectivity index (χ2v) is 8.71. The summed E-state index contributed by atoms with van der Waals surface area (Å²) in [6, 6.07) is 10.8. The van der Waals surface area contributed by atoms with Gasteiger partial charge in [-0.15, -0.1) is 0 Å². The van der Waals surface area contributed by atoms with Crippen LogP contribution in [0, 0.1) is 5.82 Å². The first-order valence-electron chi connectivity index (χ1n) is 11.3. The first-order chi connectivity index (χ1) is 18.0. The Morgan fingerprint density at radius 2 is 1.82 bits per heavy atom. The Bertz CT molecular complexity index is 1550. The number of amides is 2. The molecule has 1 saturated heterocycles. The number of likely N-dealkylation sites (tertiary alicyclic amines) is 1. The number of carbonyl (C=O) groups is 2. The van der Waals surface area contributed by atoms with Crippen molar-refractivity contribution in [2.45, 2.75) is 18.4 Å². The van der Waals surface area contributed by atoms with E-state index in [1.165, 1.54) is 42.5 Å². The minimum atomic E-state index is -4.73. The molecule has 0 spiro atoms. The molecule has 0 saturated carbocycles. The van der Waals surface area contributed by atoms with Crippen LogP contribution < -0.4 is 11.1 Å². The fraction of sp³-hybridized carbons (Fsp3) is 0.200. The van der Waals surface area contributed by atoms with Crippen molar-refractivity contribution in [1.82, 2.24) is 24.8 Å². The van der Waals surface area contributed by atoms with Crippen LogP contribution in [0.1, 0.15) is 26.3 Å². The van der Waals surface area contributed by atoms with Crippen LogP contribution in [0.3, 0.4) is 0 Å². The van der Waals surface area contributed by atoms with Crippen molar-refractivity contribution in [2.24, 2.45) is 0 Å². The summed E-state index contributed by atoms with van der Waals surface area (Å²) in [7, 11) is 0. The average Bonchev–Trinajstić information content (AvgIpc) is 3.46. The number of anilines is 1. The van der Waals surface area contributed by atoms with Crippen LogP contribution in [0.4, 0.5) is 27.8 Å². The van der Waals surface area contributed by atoms with Crippen molar-refractivity contribution < 1.29 is 31.5 Å². The minimum absolute atomic E-state index is 0.0157. The van der Waals surface area contributed by atoms with Gasteiger partial charge in [0, 0.05) is 17.7 Å². The molecular weight excluding hydrogens is 511 g/mol. The summed E-state index contributed by atoms with van der Waals surface area (Å²) >= 11 is 0. The topological polar surface area (TPSA) is 106 Å². The lowest BCUT2D eigenvalue weighted by atomic mass is 10.1. The maximum absolute atomic E-state index is 14.7. The summed E-state index contributed by atoms with van der Waals surface area (Å²) in [6.45, 7) is -0.524. The number of hydrogen-bond acceptors (Lipinski definition) is 5. The second-order valence-electron chi connectivity index (χ2n) is 8.71. The molecule has 0 bridgehead atoms. The molecule has 8 nitrogen and oxygen atoms in total. The highest BCUT2D eigenvalue weighted by Gasteiger charge is 2.38. The minimum Gasteiger partial charge on any atom is -0.382 e. The molecule has 0 unspecified atom stereocenters. The first-order valence-corrected chi connectivity index (χ1v) is 11.3. The summed E-state index contributed by atoms with van der Waals surface area (Å²) in [5.74, 6) is -2.51. The van der Waals surface area contributed by atoms with Crippen LogP contribution >= 0.6 is 0 Å². The average molecular weight is 530 g/mol. The Labute approximate surface area is 211 Å². The van der Waals surface area contributed by atoms with Crippen LogP contribution in [0.25, 0.3) is 16.8 Å². The molecule has 0 aliphatic carbocycles. The van der Waals surface area contributed by atoms with Gasteiger partial charge in [0.15, 0.2) is 5.82 Å².